The molecule has 2 nitrogen and oxygen atoms in total. The van der Waals surface area contributed by atoms with Gasteiger partial charge in [-0.25, -0.2) is 4.79 Å². The molecule has 0 radical (unpaired) electrons. The molecule has 0 aliphatic carbocycles. The summed E-state index contributed by atoms with van der Waals surface area (Å²) in [6, 6.07) is 6.46. The molecule has 0 heterocycles. The van der Waals surface area contributed by atoms with Crippen molar-refractivity contribution >= 4 is 23.6 Å². The van der Waals surface area contributed by atoms with E-state index in [1.54, 1.807) is 31.2 Å². The number of halogens is 2. The number of carbonyl (C=O) groups excluding carboxylic acids is 1. The zero-order chi connectivity index (χ0) is 11.3. The second kappa shape index (κ2) is 5.51. The summed E-state index contributed by atoms with van der Waals surface area (Å²) in [5.74, 6) is -1.87. The molecule has 1 rings (SSSR count). The maximum Gasteiger partial charge on any atom is 0.367 e. The first kappa shape index (κ1) is 11.7. The molecular weight excluding hydrogens is 219 g/mol. The van der Waals surface area contributed by atoms with Gasteiger partial charge in [0.2, 0.25) is 5.83 Å². The molecule has 0 aliphatic rings. The van der Waals surface area contributed by atoms with E-state index in [0.29, 0.717) is 10.6 Å². The van der Waals surface area contributed by atoms with Crippen LogP contribution >= 0.6 is 11.6 Å². The summed E-state index contributed by atoms with van der Waals surface area (Å²) in [7, 11) is 0. The molecule has 0 bridgehead atoms. The summed E-state index contributed by atoms with van der Waals surface area (Å²) in [5.41, 5.74) is 0.560. The number of ether oxygens (including phenoxy) is 1. The molecular formula is C11H10ClFO2. The summed E-state index contributed by atoms with van der Waals surface area (Å²) < 4.78 is 17.6. The smallest absolute Gasteiger partial charge is 0.367 e. The van der Waals surface area contributed by atoms with Crippen molar-refractivity contribution < 1.29 is 13.9 Å². The van der Waals surface area contributed by atoms with E-state index >= 15 is 0 Å². The second-order valence-electron chi connectivity index (χ2n) is 2.76. The quantitative estimate of drug-likeness (QED) is 0.587. The number of rotatable bonds is 3. The molecule has 0 spiro atoms. The first-order valence-electron chi connectivity index (χ1n) is 4.43. The minimum Gasteiger partial charge on any atom is -0.461 e. The molecule has 4 heteroatoms. The zero-order valence-electron chi connectivity index (χ0n) is 8.17. The first-order chi connectivity index (χ1) is 7.13. The van der Waals surface area contributed by atoms with Gasteiger partial charge in [0.05, 0.1) is 6.61 Å². The highest BCUT2D eigenvalue weighted by Crippen LogP contribution is 2.13. The number of carbonyl (C=O) groups is 1. The van der Waals surface area contributed by atoms with Crippen LogP contribution in [0.3, 0.4) is 0 Å². The molecule has 0 atom stereocenters. The van der Waals surface area contributed by atoms with Crippen LogP contribution in [0.15, 0.2) is 30.1 Å². The molecule has 0 N–H and O–H groups in total. The predicted octanol–water partition coefficient (Wildman–Crippen LogP) is 3.21. The lowest BCUT2D eigenvalue weighted by molar-refractivity contribution is -0.140. The van der Waals surface area contributed by atoms with Crippen LogP contribution in [0.1, 0.15) is 12.5 Å². The number of esters is 1. The van der Waals surface area contributed by atoms with Gasteiger partial charge in [-0.05, 0) is 30.7 Å². The van der Waals surface area contributed by atoms with E-state index in [9.17, 15) is 9.18 Å². The van der Waals surface area contributed by atoms with Crippen LogP contribution in [0, 0.1) is 0 Å². The highest BCUT2D eigenvalue weighted by atomic mass is 35.5. The van der Waals surface area contributed by atoms with Crippen LogP contribution in [-0.2, 0) is 9.53 Å². The third-order valence-corrected chi connectivity index (χ3v) is 1.89. The molecule has 0 saturated carbocycles. The summed E-state index contributed by atoms with van der Waals surface area (Å²) in [5, 5.41) is 0.559. The fourth-order valence-electron chi connectivity index (χ4n) is 0.964. The molecule has 1 aromatic rings. The van der Waals surface area contributed by atoms with Crippen molar-refractivity contribution in [2.75, 3.05) is 6.61 Å². The fourth-order valence-corrected chi connectivity index (χ4v) is 1.09. The van der Waals surface area contributed by atoms with E-state index in [0.717, 1.165) is 6.08 Å². The third-order valence-electron chi connectivity index (χ3n) is 1.63. The van der Waals surface area contributed by atoms with Gasteiger partial charge in [-0.2, -0.15) is 4.39 Å². The molecule has 0 aliphatic heterocycles. The lowest BCUT2D eigenvalue weighted by Gasteiger charge is -1.98. The number of hydrogen-bond donors (Lipinski definition) is 0. The van der Waals surface area contributed by atoms with E-state index < -0.39 is 11.8 Å². The Morgan fingerprint density at radius 1 is 1.47 bits per heavy atom. The van der Waals surface area contributed by atoms with Crippen molar-refractivity contribution in [1.29, 1.82) is 0 Å². The van der Waals surface area contributed by atoms with Gasteiger partial charge in [-0.3, -0.25) is 0 Å². The van der Waals surface area contributed by atoms with Crippen LogP contribution in [0.5, 0.6) is 0 Å². The Hall–Kier alpha value is -1.35. The molecule has 15 heavy (non-hydrogen) atoms. The second-order valence-corrected chi connectivity index (χ2v) is 3.20. The lowest BCUT2D eigenvalue weighted by atomic mass is 10.2. The van der Waals surface area contributed by atoms with E-state index in [4.69, 9.17) is 11.6 Å². The highest BCUT2D eigenvalue weighted by Gasteiger charge is 2.08. The van der Waals surface area contributed by atoms with Crippen molar-refractivity contribution in [2.24, 2.45) is 0 Å². The van der Waals surface area contributed by atoms with Crippen LogP contribution in [0.2, 0.25) is 5.02 Å². The molecule has 0 fully saturated rings. The van der Waals surface area contributed by atoms with Crippen molar-refractivity contribution in [3.8, 4) is 0 Å². The minimum absolute atomic E-state index is 0.153. The third kappa shape index (κ3) is 3.72. The standard InChI is InChI=1S/C11H10ClFO2/c1-2-15-11(14)10(13)7-8-3-5-9(12)6-4-8/h3-7H,2H2,1H3/b10-7+. The van der Waals surface area contributed by atoms with Gasteiger partial charge < -0.3 is 4.74 Å². The normalized spacial score (nSPS) is 11.3. The van der Waals surface area contributed by atoms with Crippen molar-refractivity contribution in [3.63, 3.8) is 0 Å². The molecule has 0 amide bonds. The monoisotopic (exact) mass is 228 g/mol. The zero-order valence-corrected chi connectivity index (χ0v) is 8.92. The maximum absolute atomic E-state index is 13.1. The van der Waals surface area contributed by atoms with Gasteiger partial charge in [-0.1, -0.05) is 23.7 Å². The summed E-state index contributed by atoms with van der Waals surface area (Å²) in [6.45, 7) is 1.77. The van der Waals surface area contributed by atoms with E-state index in [2.05, 4.69) is 4.74 Å². The van der Waals surface area contributed by atoms with Gasteiger partial charge in [-0.15, -0.1) is 0 Å². The molecule has 1 aromatic carbocycles. The average molecular weight is 229 g/mol. The Bertz CT molecular complexity index is 371. The van der Waals surface area contributed by atoms with E-state index in [1.807, 2.05) is 0 Å². The highest BCUT2D eigenvalue weighted by molar-refractivity contribution is 6.30. The molecule has 0 saturated heterocycles. The largest absolute Gasteiger partial charge is 0.461 e. The molecule has 0 unspecified atom stereocenters. The van der Waals surface area contributed by atoms with Crippen LogP contribution in [0.4, 0.5) is 4.39 Å². The van der Waals surface area contributed by atoms with Crippen LogP contribution in [-0.4, -0.2) is 12.6 Å². The SMILES string of the molecule is CCOC(=O)/C(F)=C\c1ccc(Cl)cc1. The van der Waals surface area contributed by atoms with Gasteiger partial charge in [0.15, 0.2) is 0 Å². The predicted molar refractivity (Wildman–Crippen MR) is 57.2 cm³/mol. The minimum atomic E-state index is -0.951. The fraction of sp³-hybridized carbons (Fsp3) is 0.182. The summed E-state index contributed by atoms with van der Waals surface area (Å²) >= 11 is 5.65. The van der Waals surface area contributed by atoms with Gasteiger partial charge in [0.25, 0.3) is 0 Å². The van der Waals surface area contributed by atoms with Crippen LogP contribution < -0.4 is 0 Å². The van der Waals surface area contributed by atoms with Crippen LogP contribution in [0.25, 0.3) is 6.08 Å². The summed E-state index contributed by atoms with van der Waals surface area (Å²) in [6.07, 6.45) is 1.11. The molecule has 80 valence electrons. The lowest BCUT2D eigenvalue weighted by Crippen LogP contribution is -2.03. The summed E-state index contributed by atoms with van der Waals surface area (Å²) in [4.78, 5) is 10.9. The maximum atomic E-state index is 13.1. The Morgan fingerprint density at radius 2 is 2.07 bits per heavy atom. The van der Waals surface area contributed by atoms with E-state index in [-0.39, 0.29) is 6.61 Å². The van der Waals surface area contributed by atoms with Crippen molar-refractivity contribution in [3.05, 3.63) is 40.7 Å². The van der Waals surface area contributed by atoms with Gasteiger partial charge in [0.1, 0.15) is 0 Å². The Morgan fingerprint density at radius 3 is 2.60 bits per heavy atom. The van der Waals surface area contributed by atoms with Gasteiger partial charge in [0, 0.05) is 5.02 Å². The Balaban J connectivity index is 2.78. The first-order valence-corrected chi connectivity index (χ1v) is 4.81. The topological polar surface area (TPSA) is 26.3 Å². The van der Waals surface area contributed by atoms with Gasteiger partial charge >= 0.3 is 5.97 Å². The Kier molecular flexibility index (Phi) is 4.31. The molecule has 0 aromatic heterocycles. The van der Waals surface area contributed by atoms with Crippen molar-refractivity contribution in [1.82, 2.24) is 0 Å². The van der Waals surface area contributed by atoms with Crippen molar-refractivity contribution in [2.45, 2.75) is 6.92 Å². The van der Waals surface area contributed by atoms with E-state index in [1.165, 1.54) is 0 Å². The Labute approximate surface area is 92.3 Å². The number of benzene rings is 1. The number of hydrogen-bond acceptors (Lipinski definition) is 2. The average Bonchev–Trinajstić information content (AvgIpc) is 2.22.